The number of nitrogens with zero attached hydrogens (tertiary/aromatic N) is 1. The number of nitrogens with two attached hydrogens (primary N) is 1. The molecule has 1 fully saturated rings. The van der Waals surface area contributed by atoms with Crippen LogP contribution in [0.5, 0.6) is 0 Å². The molecule has 1 saturated carbocycles. The zero-order valence-electron chi connectivity index (χ0n) is 11.4. The number of hydrogen-bond donors (Lipinski definition) is 1. The van der Waals surface area contributed by atoms with Crippen LogP contribution in [0.25, 0.3) is 0 Å². The highest BCUT2D eigenvalue weighted by molar-refractivity contribution is 4.82. The van der Waals surface area contributed by atoms with Crippen LogP contribution >= 0.6 is 0 Å². The lowest BCUT2D eigenvalue weighted by Crippen LogP contribution is -2.44. The molecule has 0 heterocycles. The maximum atomic E-state index is 5.85. The molecule has 2 unspecified atom stereocenters. The Labute approximate surface area is 105 Å². The third-order valence-electron chi connectivity index (χ3n) is 3.76. The van der Waals surface area contributed by atoms with E-state index in [0.717, 1.165) is 19.7 Å². The van der Waals surface area contributed by atoms with Crippen LogP contribution in [0.15, 0.2) is 0 Å². The molecular formula is C13H28N2O2. The van der Waals surface area contributed by atoms with E-state index < -0.39 is 0 Å². The van der Waals surface area contributed by atoms with Crippen molar-refractivity contribution in [2.45, 2.75) is 31.7 Å². The summed E-state index contributed by atoms with van der Waals surface area (Å²) in [6.07, 6.45) is 5.26. The standard InChI is InChI=1S/C13H28N2O2/c1-15(7-8-17-10-9-16-2)13-6-4-3-5-12(13)11-14/h12-13H,3-11,14H2,1-2H3. The fourth-order valence-corrected chi connectivity index (χ4v) is 2.66. The number of likely N-dealkylation sites (N-methyl/N-ethyl adjacent to an activating group) is 1. The molecule has 102 valence electrons. The second-order valence-corrected chi connectivity index (χ2v) is 4.93. The molecule has 0 radical (unpaired) electrons. The summed E-state index contributed by atoms with van der Waals surface area (Å²) in [5, 5.41) is 0. The van der Waals surface area contributed by atoms with Crippen LogP contribution in [0, 0.1) is 5.92 Å². The first-order chi connectivity index (χ1) is 8.29. The van der Waals surface area contributed by atoms with E-state index in [-0.39, 0.29) is 0 Å². The minimum Gasteiger partial charge on any atom is -0.382 e. The normalized spacial score (nSPS) is 25.4. The highest BCUT2D eigenvalue weighted by Gasteiger charge is 2.26. The Morgan fingerprint density at radius 3 is 2.65 bits per heavy atom. The molecule has 1 aliphatic rings. The van der Waals surface area contributed by atoms with Gasteiger partial charge in [0.1, 0.15) is 0 Å². The lowest BCUT2D eigenvalue weighted by atomic mass is 9.84. The topological polar surface area (TPSA) is 47.7 Å². The van der Waals surface area contributed by atoms with Gasteiger partial charge in [0.15, 0.2) is 0 Å². The van der Waals surface area contributed by atoms with Crippen molar-refractivity contribution in [3.8, 4) is 0 Å². The Kier molecular flexibility index (Phi) is 7.77. The van der Waals surface area contributed by atoms with E-state index in [2.05, 4.69) is 11.9 Å². The summed E-state index contributed by atoms with van der Waals surface area (Å²) >= 11 is 0. The highest BCUT2D eigenvalue weighted by Crippen LogP contribution is 2.26. The highest BCUT2D eigenvalue weighted by atomic mass is 16.5. The minimum absolute atomic E-state index is 0.653. The van der Waals surface area contributed by atoms with E-state index in [1.807, 2.05) is 0 Å². The van der Waals surface area contributed by atoms with Gasteiger partial charge in [0.05, 0.1) is 19.8 Å². The van der Waals surface area contributed by atoms with Crippen molar-refractivity contribution < 1.29 is 9.47 Å². The molecule has 2 N–H and O–H groups in total. The van der Waals surface area contributed by atoms with E-state index in [1.165, 1.54) is 25.7 Å². The molecule has 1 aliphatic carbocycles. The molecule has 4 heteroatoms. The predicted octanol–water partition coefficient (Wildman–Crippen LogP) is 1.10. The van der Waals surface area contributed by atoms with Gasteiger partial charge in [-0.2, -0.15) is 0 Å². The predicted molar refractivity (Wildman–Crippen MR) is 70.1 cm³/mol. The van der Waals surface area contributed by atoms with E-state index >= 15 is 0 Å². The van der Waals surface area contributed by atoms with Crippen LogP contribution < -0.4 is 5.73 Å². The van der Waals surface area contributed by atoms with Crippen LogP contribution in [0.1, 0.15) is 25.7 Å². The summed E-state index contributed by atoms with van der Waals surface area (Å²) in [6, 6.07) is 0.653. The van der Waals surface area contributed by atoms with Crippen molar-refractivity contribution in [3.05, 3.63) is 0 Å². The minimum atomic E-state index is 0.653. The summed E-state index contributed by atoms with van der Waals surface area (Å²) in [5.41, 5.74) is 5.85. The Morgan fingerprint density at radius 2 is 1.94 bits per heavy atom. The van der Waals surface area contributed by atoms with Crippen molar-refractivity contribution in [2.24, 2.45) is 11.7 Å². The van der Waals surface area contributed by atoms with Crippen molar-refractivity contribution in [2.75, 3.05) is 47.1 Å². The summed E-state index contributed by atoms with van der Waals surface area (Å²) in [4.78, 5) is 2.42. The van der Waals surface area contributed by atoms with Gasteiger partial charge in [0.25, 0.3) is 0 Å². The molecule has 0 aromatic rings. The lowest BCUT2D eigenvalue weighted by molar-refractivity contribution is 0.0440. The smallest absolute Gasteiger partial charge is 0.0700 e. The van der Waals surface area contributed by atoms with E-state index in [0.29, 0.717) is 25.2 Å². The first-order valence-corrected chi connectivity index (χ1v) is 6.76. The Balaban J connectivity index is 2.18. The van der Waals surface area contributed by atoms with Gasteiger partial charge in [-0.3, -0.25) is 0 Å². The first-order valence-electron chi connectivity index (χ1n) is 6.76. The maximum absolute atomic E-state index is 5.85. The zero-order valence-corrected chi connectivity index (χ0v) is 11.4. The SMILES string of the molecule is COCCOCCN(C)C1CCCCC1CN. The summed E-state index contributed by atoms with van der Waals surface area (Å²) < 4.78 is 10.5. The number of rotatable bonds is 8. The lowest BCUT2D eigenvalue weighted by Gasteiger charge is -2.37. The molecule has 0 aromatic heterocycles. The number of methoxy groups -OCH3 is 1. The Hall–Kier alpha value is -0.160. The Morgan fingerprint density at radius 1 is 1.18 bits per heavy atom. The van der Waals surface area contributed by atoms with Gasteiger partial charge in [-0.05, 0) is 32.4 Å². The van der Waals surface area contributed by atoms with Gasteiger partial charge in [-0.25, -0.2) is 0 Å². The van der Waals surface area contributed by atoms with Gasteiger partial charge in [0.2, 0.25) is 0 Å². The largest absolute Gasteiger partial charge is 0.382 e. The van der Waals surface area contributed by atoms with E-state index in [9.17, 15) is 0 Å². The molecule has 0 saturated heterocycles. The average molecular weight is 244 g/mol. The monoisotopic (exact) mass is 244 g/mol. The number of ether oxygens (including phenoxy) is 2. The third-order valence-corrected chi connectivity index (χ3v) is 3.76. The van der Waals surface area contributed by atoms with Crippen LogP contribution in [-0.4, -0.2) is 58.0 Å². The number of hydrogen-bond acceptors (Lipinski definition) is 4. The fourth-order valence-electron chi connectivity index (χ4n) is 2.66. The van der Waals surface area contributed by atoms with Crippen molar-refractivity contribution in [1.29, 1.82) is 0 Å². The van der Waals surface area contributed by atoms with Crippen molar-refractivity contribution in [3.63, 3.8) is 0 Å². The average Bonchev–Trinajstić information content (AvgIpc) is 2.38. The third kappa shape index (κ3) is 5.34. The molecule has 2 atom stereocenters. The molecule has 0 amide bonds. The van der Waals surface area contributed by atoms with Crippen LogP contribution in [0.3, 0.4) is 0 Å². The van der Waals surface area contributed by atoms with Gasteiger partial charge in [-0.1, -0.05) is 12.8 Å². The molecule has 0 aromatic carbocycles. The first kappa shape index (κ1) is 14.9. The molecular weight excluding hydrogens is 216 g/mol. The molecule has 0 aliphatic heterocycles. The summed E-state index contributed by atoms with van der Waals surface area (Å²) in [5.74, 6) is 0.674. The second kappa shape index (κ2) is 8.86. The van der Waals surface area contributed by atoms with Gasteiger partial charge < -0.3 is 20.1 Å². The molecule has 4 nitrogen and oxygen atoms in total. The van der Waals surface area contributed by atoms with Gasteiger partial charge >= 0.3 is 0 Å². The van der Waals surface area contributed by atoms with Crippen LogP contribution in [0.4, 0.5) is 0 Å². The summed E-state index contributed by atoms with van der Waals surface area (Å²) in [6.45, 7) is 3.96. The quantitative estimate of drug-likeness (QED) is 0.650. The molecule has 0 spiro atoms. The van der Waals surface area contributed by atoms with E-state index in [4.69, 9.17) is 15.2 Å². The maximum Gasteiger partial charge on any atom is 0.0700 e. The molecule has 1 rings (SSSR count). The van der Waals surface area contributed by atoms with Gasteiger partial charge in [0, 0.05) is 19.7 Å². The van der Waals surface area contributed by atoms with Gasteiger partial charge in [-0.15, -0.1) is 0 Å². The molecule has 0 bridgehead atoms. The van der Waals surface area contributed by atoms with Crippen LogP contribution in [0.2, 0.25) is 0 Å². The Bertz CT molecular complexity index is 190. The van der Waals surface area contributed by atoms with Crippen LogP contribution in [-0.2, 0) is 9.47 Å². The summed E-state index contributed by atoms with van der Waals surface area (Å²) in [7, 11) is 3.89. The van der Waals surface area contributed by atoms with E-state index in [1.54, 1.807) is 7.11 Å². The molecule has 17 heavy (non-hydrogen) atoms. The fraction of sp³-hybridized carbons (Fsp3) is 1.00. The zero-order chi connectivity index (χ0) is 12.5. The van der Waals surface area contributed by atoms with Crippen molar-refractivity contribution in [1.82, 2.24) is 4.90 Å². The second-order valence-electron chi connectivity index (χ2n) is 4.93. The van der Waals surface area contributed by atoms with Crippen molar-refractivity contribution >= 4 is 0 Å².